The quantitative estimate of drug-likeness (QED) is 0.790. The topological polar surface area (TPSA) is 24.4 Å². The highest BCUT2D eigenvalue weighted by Crippen LogP contribution is 2.30. The fraction of sp³-hybridized carbons (Fsp3) is 0.889. The molecule has 2 nitrogen and oxygen atoms in total. The summed E-state index contributed by atoms with van der Waals surface area (Å²) in [5, 5.41) is 6.28. The van der Waals surface area contributed by atoms with E-state index in [2.05, 4.69) is 33.2 Å². The molecule has 74 valence electrons. The lowest BCUT2D eigenvalue weighted by Gasteiger charge is -2.07. The molecule has 2 aliphatic rings. The summed E-state index contributed by atoms with van der Waals surface area (Å²) in [6.45, 7) is 3.26. The lowest BCUT2D eigenvalue weighted by molar-refractivity contribution is 0.683. The third kappa shape index (κ3) is 2.62. The van der Waals surface area contributed by atoms with Gasteiger partial charge in [0.05, 0.1) is 0 Å². The Morgan fingerprint density at radius 3 is 2.92 bits per heavy atom. The van der Waals surface area contributed by atoms with Crippen LogP contribution >= 0.6 is 27.7 Å². The molecule has 0 amide bonds. The summed E-state index contributed by atoms with van der Waals surface area (Å²) in [5.74, 6) is 0.897. The van der Waals surface area contributed by atoms with Crippen LogP contribution in [0.3, 0.4) is 0 Å². The number of nitrogens with one attached hydrogen (secondary N) is 1. The maximum atomic E-state index is 4.58. The van der Waals surface area contributed by atoms with Gasteiger partial charge in [-0.2, -0.15) is 0 Å². The van der Waals surface area contributed by atoms with Crippen LogP contribution in [0.15, 0.2) is 4.99 Å². The summed E-state index contributed by atoms with van der Waals surface area (Å²) >= 11 is 5.40. The van der Waals surface area contributed by atoms with Crippen LogP contribution in [0.2, 0.25) is 0 Å². The van der Waals surface area contributed by atoms with Gasteiger partial charge < -0.3 is 5.32 Å². The maximum Gasteiger partial charge on any atom is 0.157 e. The third-order valence-corrected chi connectivity index (χ3v) is 4.99. The van der Waals surface area contributed by atoms with Gasteiger partial charge in [0.2, 0.25) is 0 Å². The zero-order valence-corrected chi connectivity index (χ0v) is 10.2. The van der Waals surface area contributed by atoms with Crippen LogP contribution in [0, 0.1) is 5.92 Å². The van der Waals surface area contributed by atoms with E-state index < -0.39 is 0 Å². The molecule has 1 heterocycles. The Kier molecular flexibility index (Phi) is 3.19. The standard InChI is InChI=1S/C9H15BrN2S/c1-6-8(4-10)13-9(12-6)11-5-7-2-3-7/h6-8H,2-5H2,1H3,(H,11,12). The van der Waals surface area contributed by atoms with E-state index >= 15 is 0 Å². The molecule has 0 bridgehead atoms. The molecular formula is C9H15BrN2S. The van der Waals surface area contributed by atoms with Crippen molar-refractivity contribution in [2.24, 2.45) is 10.9 Å². The van der Waals surface area contributed by atoms with Gasteiger partial charge in [0.25, 0.3) is 0 Å². The summed E-state index contributed by atoms with van der Waals surface area (Å²) < 4.78 is 0. The molecule has 1 aliphatic heterocycles. The highest BCUT2D eigenvalue weighted by molar-refractivity contribution is 9.09. The van der Waals surface area contributed by atoms with Crippen molar-refractivity contribution < 1.29 is 0 Å². The van der Waals surface area contributed by atoms with E-state index in [9.17, 15) is 0 Å². The first-order valence-electron chi connectivity index (χ1n) is 4.83. The third-order valence-electron chi connectivity index (χ3n) is 2.51. The summed E-state index contributed by atoms with van der Waals surface area (Å²) in [4.78, 5) is 4.58. The second-order valence-electron chi connectivity index (χ2n) is 3.83. The fourth-order valence-corrected chi connectivity index (χ4v) is 3.31. The van der Waals surface area contributed by atoms with Gasteiger partial charge >= 0.3 is 0 Å². The van der Waals surface area contributed by atoms with Gasteiger partial charge in [-0.15, -0.1) is 0 Å². The Bertz CT molecular complexity index is 216. The minimum atomic E-state index is 0.558. The zero-order chi connectivity index (χ0) is 9.26. The second-order valence-corrected chi connectivity index (χ2v) is 5.71. The number of rotatable bonds is 3. The van der Waals surface area contributed by atoms with Crippen LogP contribution < -0.4 is 5.32 Å². The molecule has 0 spiro atoms. The molecule has 0 aromatic carbocycles. The van der Waals surface area contributed by atoms with Gasteiger partial charge in [0, 0.05) is 23.2 Å². The molecular weight excluding hydrogens is 248 g/mol. The first kappa shape index (κ1) is 9.84. The molecule has 2 unspecified atom stereocenters. The van der Waals surface area contributed by atoms with E-state index in [-0.39, 0.29) is 0 Å². The number of hydrogen-bond acceptors (Lipinski definition) is 2. The highest BCUT2D eigenvalue weighted by atomic mass is 79.9. The minimum Gasteiger partial charge on any atom is -0.361 e. The smallest absolute Gasteiger partial charge is 0.157 e. The Hall–Kier alpha value is 0.300. The lowest BCUT2D eigenvalue weighted by Crippen LogP contribution is -2.28. The van der Waals surface area contributed by atoms with Crippen LogP contribution in [0.5, 0.6) is 0 Å². The van der Waals surface area contributed by atoms with Crippen molar-refractivity contribution in [1.82, 2.24) is 5.32 Å². The van der Waals surface area contributed by atoms with Crippen LogP contribution in [0.1, 0.15) is 19.8 Å². The molecule has 2 atom stereocenters. The molecule has 1 saturated heterocycles. The van der Waals surface area contributed by atoms with Gasteiger partial charge in [-0.25, -0.2) is 0 Å². The van der Waals surface area contributed by atoms with Gasteiger partial charge in [0.1, 0.15) is 0 Å². The number of nitrogens with zero attached hydrogens (tertiary/aromatic N) is 1. The second kappa shape index (κ2) is 4.22. The van der Waals surface area contributed by atoms with Crippen molar-refractivity contribution >= 4 is 32.9 Å². The Labute approximate surface area is 92.1 Å². The van der Waals surface area contributed by atoms with Crippen molar-refractivity contribution in [3.8, 4) is 0 Å². The van der Waals surface area contributed by atoms with Crippen molar-refractivity contribution in [2.75, 3.05) is 11.9 Å². The SMILES string of the molecule is CC1NC(=NCC2CC2)SC1CBr. The molecule has 4 heteroatoms. The van der Waals surface area contributed by atoms with Gasteiger partial charge in [-0.3, -0.25) is 4.99 Å². The molecule has 13 heavy (non-hydrogen) atoms. The Balaban J connectivity index is 1.84. The molecule has 1 saturated carbocycles. The molecule has 1 N–H and O–H groups in total. The average Bonchev–Trinajstić information content (AvgIpc) is 2.87. The average molecular weight is 263 g/mol. The summed E-state index contributed by atoms with van der Waals surface area (Å²) in [6.07, 6.45) is 2.78. The fourth-order valence-electron chi connectivity index (χ4n) is 1.33. The van der Waals surface area contributed by atoms with Gasteiger partial charge in [-0.05, 0) is 25.7 Å². The summed E-state index contributed by atoms with van der Waals surface area (Å²) in [7, 11) is 0. The van der Waals surface area contributed by atoms with Crippen molar-refractivity contribution in [3.05, 3.63) is 0 Å². The molecule has 0 aromatic heterocycles. The Morgan fingerprint density at radius 2 is 2.38 bits per heavy atom. The molecule has 2 fully saturated rings. The molecule has 2 rings (SSSR count). The normalized spacial score (nSPS) is 36.6. The number of aliphatic imine (C=N–C) groups is 1. The van der Waals surface area contributed by atoms with E-state index in [1.165, 1.54) is 12.8 Å². The Morgan fingerprint density at radius 1 is 1.62 bits per heavy atom. The zero-order valence-electron chi connectivity index (χ0n) is 7.79. The van der Waals surface area contributed by atoms with Crippen LogP contribution in [-0.4, -0.2) is 28.3 Å². The van der Waals surface area contributed by atoms with Crippen molar-refractivity contribution in [2.45, 2.75) is 31.1 Å². The number of thioether (sulfide) groups is 1. The number of halogens is 1. The first-order valence-corrected chi connectivity index (χ1v) is 6.83. The minimum absolute atomic E-state index is 0.558. The van der Waals surface area contributed by atoms with Gasteiger partial charge in [0.15, 0.2) is 5.17 Å². The van der Waals surface area contributed by atoms with Gasteiger partial charge in [-0.1, -0.05) is 27.7 Å². The van der Waals surface area contributed by atoms with Crippen molar-refractivity contribution in [3.63, 3.8) is 0 Å². The predicted molar refractivity (Wildman–Crippen MR) is 62.8 cm³/mol. The van der Waals surface area contributed by atoms with Crippen LogP contribution in [0.25, 0.3) is 0 Å². The number of amidine groups is 1. The van der Waals surface area contributed by atoms with Crippen LogP contribution in [-0.2, 0) is 0 Å². The molecule has 0 radical (unpaired) electrons. The highest BCUT2D eigenvalue weighted by Gasteiger charge is 2.28. The van der Waals surface area contributed by atoms with E-state index in [1.54, 1.807) is 0 Å². The van der Waals surface area contributed by atoms with E-state index in [1.807, 2.05) is 11.8 Å². The largest absolute Gasteiger partial charge is 0.361 e. The van der Waals surface area contributed by atoms with E-state index in [4.69, 9.17) is 0 Å². The van der Waals surface area contributed by atoms with E-state index in [0.29, 0.717) is 11.3 Å². The van der Waals surface area contributed by atoms with E-state index in [0.717, 1.165) is 23.0 Å². The monoisotopic (exact) mass is 262 g/mol. The molecule has 1 aliphatic carbocycles. The molecule has 0 aromatic rings. The lowest BCUT2D eigenvalue weighted by atomic mass is 10.3. The van der Waals surface area contributed by atoms with Crippen LogP contribution in [0.4, 0.5) is 0 Å². The van der Waals surface area contributed by atoms with Crippen molar-refractivity contribution in [1.29, 1.82) is 0 Å². The predicted octanol–water partition coefficient (Wildman–Crippen LogP) is 2.24. The number of hydrogen-bond donors (Lipinski definition) is 1. The summed E-state index contributed by atoms with van der Waals surface area (Å²) in [5.41, 5.74) is 0. The summed E-state index contributed by atoms with van der Waals surface area (Å²) in [6, 6.07) is 0.558. The maximum absolute atomic E-state index is 4.58. The number of alkyl halides is 1. The first-order chi connectivity index (χ1) is 6.29.